The van der Waals surface area contributed by atoms with Gasteiger partial charge in [0.15, 0.2) is 11.6 Å². The van der Waals surface area contributed by atoms with Gasteiger partial charge in [-0.15, -0.1) is 5.10 Å². The molecule has 1 unspecified atom stereocenters. The lowest BCUT2D eigenvalue weighted by molar-refractivity contribution is 0.505. The summed E-state index contributed by atoms with van der Waals surface area (Å²) in [7, 11) is 0. The molecule has 90 valence electrons. The lowest BCUT2D eigenvalue weighted by Crippen LogP contribution is -2.05. The van der Waals surface area contributed by atoms with Crippen LogP contribution in [0.15, 0.2) is 24.4 Å². The minimum absolute atomic E-state index is 0.200. The second-order valence-corrected chi connectivity index (χ2v) is 3.88. The molecule has 0 radical (unpaired) electrons. The quantitative estimate of drug-likeness (QED) is 0.884. The van der Waals surface area contributed by atoms with E-state index in [2.05, 4.69) is 10.3 Å². The van der Waals surface area contributed by atoms with Crippen LogP contribution in [-0.2, 0) is 6.54 Å². The molecule has 1 heterocycles. The van der Waals surface area contributed by atoms with Crippen LogP contribution in [0.4, 0.5) is 8.78 Å². The van der Waals surface area contributed by atoms with Crippen molar-refractivity contribution < 1.29 is 8.78 Å². The van der Waals surface area contributed by atoms with Crippen molar-refractivity contribution in [3.63, 3.8) is 0 Å². The molecule has 0 fully saturated rings. The van der Waals surface area contributed by atoms with Crippen LogP contribution >= 0.6 is 0 Å². The van der Waals surface area contributed by atoms with Crippen LogP contribution < -0.4 is 5.73 Å². The van der Waals surface area contributed by atoms with Gasteiger partial charge in [0.25, 0.3) is 0 Å². The van der Waals surface area contributed by atoms with Gasteiger partial charge in [0.1, 0.15) is 0 Å². The number of nitrogens with two attached hydrogens (primary N) is 1. The molecule has 17 heavy (non-hydrogen) atoms. The first-order valence-corrected chi connectivity index (χ1v) is 5.16. The summed E-state index contributed by atoms with van der Waals surface area (Å²) >= 11 is 0. The van der Waals surface area contributed by atoms with Crippen molar-refractivity contribution in [1.29, 1.82) is 0 Å². The molecular weight excluding hydrogens is 226 g/mol. The summed E-state index contributed by atoms with van der Waals surface area (Å²) in [6.45, 7) is 2.13. The van der Waals surface area contributed by atoms with Crippen molar-refractivity contribution in [2.75, 3.05) is 0 Å². The van der Waals surface area contributed by atoms with E-state index in [1.807, 2.05) is 0 Å². The third kappa shape index (κ3) is 2.65. The lowest BCUT2D eigenvalue weighted by Gasteiger charge is -2.01. The van der Waals surface area contributed by atoms with Gasteiger partial charge in [0.2, 0.25) is 0 Å². The molecule has 1 aromatic heterocycles. The van der Waals surface area contributed by atoms with Crippen LogP contribution in [0, 0.1) is 11.6 Å². The number of rotatable bonds is 3. The molecule has 0 saturated heterocycles. The number of nitrogens with zero attached hydrogens (tertiary/aromatic N) is 3. The molecule has 0 aliphatic heterocycles. The highest BCUT2D eigenvalue weighted by molar-refractivity contribution is 5.18. The predicted molar refractivity (Wildman–Crippen MR) is 58.1 cm³/mol. The molecule has 2 rings (SSSR count). The van der Waals surface area contributed by atoms with Gasteiger partial charge in [0.05, 0.1) is 18.4 Å². The van der Waals surface area contributed by atoms with Crippen molar-refractivity contribution in [2.24, 2.45) is 5.73 Å². The molecule has 0 saturated carbocycles. The number of halogens is 2. The Morgan fingerprint density at radius 3 is 2.71 bits per heavy atom. The number of aromatic nitrogens is 3. The molecule has 0 bridgehead atoms. The van der Waals surface area contributed by atoms with E-state index >= 15 is 0 Å². The summed E-state index contributed by atoms with van der Waals surface area (Å²) in [5.41, 5.74) is 6.91. The minimum atomic E-state index is -0.866. The second-order valence-electron chi connectivity index (χ2n) is 3.88. The summed E-state index contributed by atoms with van der Waals surface area (Å²) in [5, 5.41) is 7.73. The summed E-state index contributed by atoms with van der Waals surface area (Å²) in [6.07, 6.45) is 1.69. The van der Waals surface area contributed by atoms with Gasteiger partial charge < -0.3 is 5.73 Å². The lowest BCUT2D eigenvalue weighted by atomic mass is 10.2. The maximum absolute atomic E-state index is 13.0. The van der Waals surface area contributed by atoms with E-state index in [1.54, 1.807) is 13.1 Å². The van der Waals surface area contributed by atoms with Crippen LogP contribution in [0.1, 0.15) is 24.2 Å². The molecule has 0 aliphatic rings. The van der Waals surface area contributed by atoms with Crippen LogP contribution in [0.2, 0.25) is 0 Å². The average Bonchev–Trinajstić information content (AvgIpc) is 2.72. The van der Waals surface area contributed by atoms with Crippen molar-refractivity contribution in [2.45, 2.75) is 19.5 Å². The van der Waals surface area contributed by atoms with Gasteiger partial charge in [0, 0.05) is 6.04 Å². The summed E-state index contributed by atoms with van der Waals surface area (Å²) in [6, 6.07) is 3.54. The third-order valence-corrected chi connectivity index (χ3v) is 2.35. The predicted octanol–water partition coefficient (Wildman–Crippen LogP) is 1.62. The number of hydrogen-bond acceptors (Lipinski definition) is 3. The Morgan fingerprint density at radius 2 is 2.12 bits per heavy atom. The zero-order chi connectivity index (χ0) is 12.4. The van der Waals surface area contributed by atoms with E-state index in [1.165, 1.54) is 10.7 Å². The van der Waals surface area contributed by atoms with Crippen molar-refractivity contribution in [3.05, 3.63) is 47.3 Å². The summed E-state index contributed by atoms with van der Waals surface area (Å²) < 4.78 is 27.2. The monoisotopic (exact) mass is 238 g/mol. The Bertz CT molecular complexity index is 522. The fraction of sp³-hybridized carbons (Fsp3) is 0.273. The van der Waals surface area contributed by atoms with E-state index in [-0.39, 0.29) is 6.04 Å². The average molecular weight is 238 g/mol. The van der Waals surface area contributed by atoms with E-state index in [0.29, 0.717) is 17.8 Å². The number of hydrogen-bond donors (Lipinski definition) is 1. The van der Waals surface area contributed by atoms with E-state index in [9.17, 15) is 8.78 Å². The molecule has 2 aromatic rings. The fourth-order valence-corrected chi connectivity index (χ4v) is 1.42. The first kappa shape index (κ1) is 11.7. The Hall–Kier alpha value is -1.82. The minimum Gasteiger partial charge on any atom is -0.323 e. The molecule has 4 nitrogen and oxygen atoms in total. The standard InChI is InChI=1S/C11H12F2N4/c1-7(14)11-6-17(16-15-11)5-8-2-3-9(12)10(13)4-8/h2-4,6-7H,5,14H2,1H3. The Kier molecular flexibility index (Phi) is 3.14. The normalized spacial score (nSPS) is 12.7. The highest BCUT2D eigenvalue weighted by Gasteiger charge is 2.07. The highest BCUT2D eigenvalue weighted by atomic mass is 19.2. The topological polar surface area (TPSA) is 56.7 Å². The largest absolute Gasteiger partial charge is 0.323 e. The van der Waals surface area contributed by atoms with Crippen LogP contribution in [0.3, 0.4) is 0 Å². The Morgan fingerprint density at radius 1 is 1.35 bits per heavy atom. The van der Waals surface area contributed by atoms with E-state index < -0.39 is 11.6 Å². The van der Waals surface area contributed by atoms with Gasteiger partial charge >= 0.3 is 0 Å². The van der Waals surface area contributed by atoms with Crippen molar-refractivity contribution in [1.82, 2.24) is 15.0 Å². The zero-order valence-corrected chi connectivity index (χ0v) is 9.27. The van der Waals surface area contributed by atoms with Gasteiger partial charge in [-0.25, -0.2) is 13.5 Å². The molecule has 0 amide bonds. The van der Waals surface area contributed by atoms with Gasteiger partial charge in [-0.2, -0.15) is 0 Å². The molecule has 1 atom stereocenters. The molecule has 1 aromatic carbocycles. The molecule has 6 heteroatoms. The smallest absolute Gasteiger partial charge is 0.159 e. The third-order valence-electron chi connectivity index (χ3n) is 2.35. The Balaban J connectivity index is 2.16. The highest BCUT2D eigenvalue weighted by Crippen LogP contribution is 2.10. The molecule has 0 aliphatic carbocycles. The molecule has 0 spiro atoms. The van der Waals surface area contributed by atoms with E-state index in [4.69, 9.17) is 5.73 Å². The van der Waals surface area contributed by atoms with E-state index in [0.717, 1.165) is 12.1 Å². The first-order chi connectivity index (χ1) is 8.06. The van der Waals surface area contributed by atoms with Crippen molar-refractivity contribution >= 4 is 0 Å². The van der Waals surface area contributed by atoms with Gasteiger partial charge in [-0.1, -0.05) is 11.3 Å². The zero-order valence-electron chi connectivity index (χ0n) is 9.27. The second kappa shape index (κ2) is 4.58. The first-order valence-electron chi connectivity index (χ1n) is 5.16. The van der Waals surface area contributed by atoms with Crippen LogP contribution in [-0.4, -0.2) is 15.0 Å². The van der Waals surface area contributed by atoms with Gasteiger partial charge in [-0.05, 0) is 24.6 Å². The summed E-state index contributed by atoms with van der Waals surface area (Å²) in [4.78, 5) is 0. The van der Waals surface area contributed by atoms with Crippen molar-refractivity contribution in [3.8, 4) is 0 Å². The van der Waals surface area contributed by atoms with Crippen LogP contribution in [0.5, 0.6) is 0 Å². The fourth-order valence-electron chi connectivity index (χ4n) is 1.42. The molecule has 2 N–H and O–H groups in total. The Labute approximate surface area is 97.0 Å². The maximum Gasteiger partial charge on any atom is 0.159 e. The number of benzene rings is 1. The maximum atomic E-state index is 13.0. The van der Waals surface area contributed by atoms with Gasteiger partial charge in [-0.3, -0.25) is 0 Å². The SMILES string of the molecule is CC(N)c1cn(Cc2ccc(F)c(F)c2)nn1. The summed E-state index contributed by atoms with van der Waals surface area (Å²) in [5.74, 6) is -1.72. The van der Waals surface area contributed by atoms with Crippen LogP contribution in [0.25, 0.3) is 0 Å². The molecular formula is C11H12F2N4.